The first-order chi connectivity index (χ1) is 14.1. The summed E-state index contributed by atoms with van der Waals surface area (Å²) in [5.41, 5.74) is 1.02. The molecule has 0 saturated carbocycles. The molecule has 2 amide bonds. The Labute approximate surface area is 178 Å². The molecule has 0 spiro atoms. The molecule has 2 heterocycles. The van der Waals surface area contributed by atoms with Gasteiger partial charge in [-0.2, -0.15) is 0 Å². The number of ether oxygens (including phenoxy) is 1. The number of carboxylic acid groups (broad SMARTS) is 1. The zero-order valence-corrected chi connectivity index (χ0v) is 18.8. The first-order valence-electron chi connectivity index (χ1n) is 10.2. The largest absolute Gasteiger partial charge is 0.490 e. The van der Waals surface area contributed by atoms with E-state index in [0.717, 1.165) is 42.6 Å². The van der Waals surface area contributed by atoms with Crippen LogP contribution in [-0.2, 0) is 0 Å². The Morgan fingerprint density at radius 3 is 2.17 bits per heavy atom. The highest BCUT2D eigenvalue weighted by Crippen LogP contribution is 2.25. The van der Waals surface area contributed by atoms with Gasteiger partial charge in [0.15, 0.2) is 0 Å². The summed E-state index contributed by atoms with van der Waals surface area (Å²) in [5.74, 6) is -0.133. The average Bonchev–Trinajstić information content (AvgIpc) is 3.12. The summed E-state index contributed by atoms with van der Waals surface area (Å²) in [5, 5.41) is 9.89. The molecule has 0 radical (unpaired) electrons. The van der Waals surface area contributed by atoms with Gasteiger partial charge in [0.1, 0.15) is 17.5 Å². The molecule has 1 fully saturated rings. The van der Waals surface area contributed by atoms with Crippen molar-refractivity contribution in [3.8, 4) is 5.75 Å². The molecule has 1 aromatic heterocycles. The van der Waals surface area contributed by atoms with Crippen molar-refractivity contribution in [1.29, 1.82) is 0 Å². The van der Waals surface area contributed by atoms with E-state index in [2.05, 4.69) is 23.7 Å². The van der Waals surface area contributed by atoms with Crippen LogP contribution < -0.4 is 4.74 Å². The summed E-state index contributed by atoms with van der Waals surface area (Å²) < 4.78 is 6.07. The van der Waals surface area contributed by atoms with E-state index in [9.17, 15) is 9.59 Å². The minimum absolute atomic E-state index is 0.0185. The third-order valence-electron chi connectivity index (χ3n) is 5.10. The van der Waals surface area contributed by atoms with Crippen molar-refractivity contribution in [1.82, 2.24) is 19.7 Å². The Morgan fingerprint density at radius 1 is 1.10 bits per heavy atom. The maximum atomic E-state index is 11.0. The lowest BCUT2D eigenvalue weighted by Crippen LogP contribution is -2.41. The van der Waals surface area contributed by atoms with E-state index in [4.69, 9.17) is 9.84 Å². The van der Waals surface area contributed by atoms with Crippen molar-refractivity contribution < 1.29 is 19.4 Å². The van der Waals surface area contributed by atoms with Crippen molar-refractivity contribution in [2.75, 3.05) is 41.3 Å². The highest BCUT2D eigenvalue weighted by molar-refractivity contribution is 5.94. The van der Waals surface area contributed by atoms with Gasteiger partial charge in [0.2, 0.25) is 0 Å². The van der Waals surface area contributed by atoms with Crippen LogP contribution in [0.15, 0.2) is 24.3 Å². The number of hydrogen-bond donors (Lipinski definition) is 2. The number of likely N-dealkylation sites (tertiary alicyclic amines) is 1. The number of amides is 2. The minimum atomic E-state index is -0.945. The van der Waals surface area contributed by atoms with Crippen LogP contribution in [0.2, 0.25) is 0 Å². The fourth-order valence-corrected chi connectivity index (χ4v) is 3.40. The highest BCUT2D eigenvalue weighted by Gasteiger charge is 2.22. The molecule has 2 aromatic rings. The maximum Gasteiger partial charge on any atom is 0.352 e. The van der Waals surface area contributed by atoms with Crippen LogP contribution in [0.25, 0.3) is 10.9 Å². The normalized spacial score (nSPS) is 14.9. The molecule has 166 valence electrons. The van der Waals surface area contributed by atoms with Crippen LogP contribution in [0.3, 0.4) is 0 Å². The fraction of sp³-hybridized carbons (Fsp3) is 0.545. The van der Waals surface area contributed by atoms with Crippen LogP contribution in [0, 0.1) is 0 Å². The monoisotopic (exact) mass is 418 g/mol. The number of fused-ring (bicyclic) bond motifs is 1. The molecular formula is C22H34N4O4. The molecule has 0 unspecified atom stereocenters. The van der Waals surface area contributed by atoms with Crippen molar-refractivity contribution in [2.45, 2.75) is 38.8 Å². The number of nitrogens with zero attached hydrogens (tertiary/aromatic N) is 3. The first kappa shape index (κ1) is 23.5. The van der Waals surface area contributed by atoms with Gasteiger partial charge in [0.05, 0.1) is 0 Å². The number of hydrogen-bond acceptors (Lipinski definition) is 4. The average molecular weight is 419 g/mol. The molecule has 1 saturated heterocycles. The number of H-pyrrole nitrogens is 1. The Hall–Kier alpha value is -2.74. The topological polar surface area (TPSA) is 89.1 Å². The maximum absolute atomic E-state index is 11.0. The number of nitrogens with one attached hydrogen (secondary N) is 1. The zero-order chi connectivity index (χ0) is 22.4. The Bertz CT molecular complexity index is 842. The van der Waals surface area contributed by atoms with E-state index in [1.165, 1.54) is 9.80 Å². The van der Waals surface area contributed by atoms with E-state index in [1.54, 1.807) is 34.3 Å². The molecule has 3 rings (SSSR count). The fourth-order valence-electron chi connectivity index (χ4n) is 3.40. The summed E-state index contributed by atoms with van der Waals surface area (Å²) >= 11 is 0. The number of carboxylic acids is 1. The number of carbonyl (C=O) groups is 2. The molecule has 2 N–H and O–H groups in total. The second-order valence-corrected chi connectivity index (χ2v) is 8.26. The summed E-state index contributed by atoms with van der Waals surface area (Å²) in [6, 6.07) is 7.94. The van der Waals surface area contributed by atoms with E-state index >= 15 is 0 Å². The number of urea groups is 1. The predicted molar refractivity (Wildman–Crippen MR) is 118 cm³/mol. The Balaban J connectivity index is 0.000000343. The van der Waals surface area contributed by atoms with Gasteiger partial charge in [-0.3, -0.25) is 0 Å². The number of aromatic carboxylic acids is 1. The van der Waals surface area contributed by atoms with Gasteiger partial charge in [-0.25, -0.2) is 9.59 Å². The quantitative estimate of drug-likeness (QED) is 0.795. The number of carbonyl (C=O) groups excluding carboxylic acids is 1. The standard InChI is InChI=1S/C17H22N2O3.C5H12N2O/c1-11(2)19-7-5-13(6-8-19)22-14-3-4-15-12(9-14)10-16(18-15)17(20)21;1-6(2)5(8)7(3)4/h3-4,9-11,13,18H,5-8H2,1-2H3,(H,20,21);1-4H3. The zero-order valence-electron chi connectivity index (χ0n) is 18.8. The van der Waals surface area contributed by atoms with Crippen LogP contribution in [0.5, 0.6) is 5.75 Å². The number of piperidine rings is 1. The first-order valence-corrected chi connectivity index (χ1v) is 10.2. The third kappa shape index (κ3) is 6.38. The second kappa shape index (κ2) is 10.3. The number of aromatic nitrogens is 1. The molecule has 0 aliphatic carbocycles. The molecule has 0 atom stereocenters. The molecule has 1 aliphatic heterocycles. The lowest BCUT2D eigenvalue weighted by molar-refractivity contribution is 0.0691. The minimum Gasteiger partial charge on any atom is -0.490 e. The number of aromatic amines is 1. The van der Waals surface area contributed by atoms with Gasteiger partial charge in [0, 0.05) is 58.2 Å². The lowest BCUT2D eigenvalue weighted by Gasteiger charge is -2.34. The van der Waals surface area contributed by atoms with Gasteiger partial charge >= 0.3 is 12.0 Å². The van der Waals surface area contributed by atoms with E-state index < -0.39 is 5.97 Å². The van der Waals surface area contributed by atoms with Crippen molar-refractivity contribution in [2.24, 2.45) is 0 Å². The van der Waals surface area contributed by atoms with Gasteiger partial charge in [-0.1, -0.05) is 0 Å². The molecule has 0 bridgehead atoms. The van der Waals surface area contributed by atoms with Crippen LogP contribution >= 0.6 is 0 Å². The van der Waals surface area contributed by atoms with Gasteiger partial charge < -0.3 is 29.5 Å². The smallest absolute Gasteiger partial charge is 0.352 e. The predicted octanol–water partition coefficient (Wildman–Crippen LogP) is 3.35. The molecular weight excluding hydrogens is 384 g/mol. The third-order valence-corrected chi connectivity index (χ3v) is 5.10. The Morgan fingerprint density at radius 2 is 1.70 bits per heavy atom. The number of benzene rings is 1. The van der Waals surface area contributed by atoms with E-state index in [1.807, 2.05) is 18.2 Å². The van der Waals surface area contributed by atoms with Gasteiger partial charge in [-0.15, -0.1) is 0 Å². The van der Waals surface area contributed by atoms with Crippen molar-refractivity contribution in [3.63, 3.8) is 0 Å². The van der Waals surface area contributed by atoms with Gasteiger partial charge in [-0.05, 0) is 51.0 Å². The summed E-state index contributed by atoms with van der Waals surface area (Å²) in [6.07, 6.45) is 2.30. The lowest BCUT2D eigenvalue weighted by atomic mass is 10.1. The van der Waals surface area contributed by atoms with Gasteiger partial charge in [0.25, 0.3) is 0 Å². The molecule has 8 heteroatoms. The molecule has 1 aromatic carbocycles. The Kier molecular flexibility index (Phi) is 8.11. The molecule has 30 heavy (non-hydrogen) atoms. The molecule has 8 nitrogen and oxygen atoms in total. The second-order valence-electron chi connectivity index (χ2n) is 8.26. The van der Waals surface area contributed by atoms with Crippen LogP contribution in [-0.4, -0.2) is 90.2 Å². The highest BCUT2D eigenvalue weighted by atomic mass is 16.5. The van der Waals surface area contributed by atoms with Crippen LogP contribution in [0.1, 0.15) is 37.2 Å². The van der Waals surface area contributed by atoms with Crippen molar-refractivity contribution >= 4 is 22.9 Å². The van der Waals surface area contributed by atoms with Crippen LogP contribution in [0.4, 0.5) is 4.79 Å². The summed E-state index contributed by atoms with van der Waals surface area (Å²) in [6.45, 7) is 6.58. The summed E-state index contributed by atoms with van der Waals surface area (Å²) in [4.78, 5) is 30.1. The van der Waals surface area contributed by atoms with E-state index in [0.29, 0.717) is 6.04 Å². The molecule has 1 aliphatic rings. The summed E-state index contributed by atoms with van der Waals surface area (Å²) in [7, 11) is 6.90. The number of rotatable bonds is 4. The van der Waals surface area contributed by atoms with Crippen molar-refractivity contribution in [3.05, 3.63) is 30.0 Å². The van der Waals surface area contributed by atoms with E-state index in [-0.39, 0.29) is 17.8 Å². The SMILES string of the molecule is CC(C)N1CCC(Oc2ccc3[nH]c(C(=O)O)cc3c2)CC1.CN(C)C(=O)N(C)C.